The Morgan fingerprint density at radius 3 is 2.08 bits per heavy atom. The summed E-state index contributed by atoms with van der Waals surface area (Å²) in [5.41, 5.74) is 15.1. The van der Waals surface area contributed by atoms with Crippen molar-refractivity contribution >= 4 is 47.2 Å². The van der Waals surface area contributed by atoms with Gasteiger partial charge in [0.15, 0.2) is 11.7 Å². The number of hydrogen-bond acceptors (Lipinski definition) is 12. The largest absolute Gasteiger partial charge is 0.508 e. The van der Waals surface area contributed by atoms with E-state index in [1.165, 1.54) is 36.5 Å². The van der Waals surface area contributed by atoms with Gasteiger partial charge in [-0.1, -0.05) is 60.1 Å². The zero-order chi connectivity index (χ0) is 47.9. The van der Waals surface area contributed by atoms with Crippen molar-refractivity contribution in [1.82, 2.24) is 36.1 Å². The van der Waals surface area contributed by atoms with Crippen LogP contribution in [-0.2, 0) is 46.4 Å². The van der Waals surface area contributed by atoms with Gasteiger partial charge in [-0.25, -0.2) is 9.78 Å². The summed E-state index contributed by atoms with van der Waals surface area (Å²) < 4.78 is 0. The number of nitrogens with zero attached hydrogens (tertiary/aromatic N) is 3. The van der Waals surface area contributed by atoms with E-state index in [4.69, 9.17) is 17.2 Å². The SMILES string of the molecule is CCC(C)C(O)(C(=O)O)C(=O)[C@@H]1CCCN1C(=O)[C@H](Cc1cnc[nH]1)NC(=O)[C@@H](NC(=O)[C@H](Cc1ccc(O)cc1)NC(=O)[C@@H](NC(=O)[C@@H](N)CCCN=C(N)N)C(C)C)[C@@H](C)CC. The minimum absolute atomic E-state index is 0.0311. The van der Waals surface area contributed by atoms with E-state index in [0.717, 1.165) is 0 Å². The number of aliphatic imine (C=N–C) groups is 1. The fourth-order valence-corrected chi connectivity index (χ4v) is 7.43. The molecule has 2 unspecified atom stereocenters. The molecule has 0 radical (unpaired) electrons. The molecule has 0 spiro atoms. The van der Waals surface area contributed by atoms with Crippen LogP contribution in [0.25, 0.3) is 0 Å². The molecule has 0 bridgehead atoms. The first-order chi connectivity index (χ1) is 30.1. The molecule has 21 heteroatoms. The van der Waals surface area contributed by atoms with Crippen LogP contribution in [-0.4, -0.2) is 132 Å². The number of phenols is 1. The number of phenolic OH excluding ortho intramolecular Hbond substituents is 1. The van der Waals surface area contributed by atoms with Crippen LogP contribution in [0.3, 0.4) is 0 Å². The Balaban J connectivity index is 1.92. The molecular formula is C43H67N11O10. The van der Waals surface area contributed by atoms with Crippen LogP contribution < -0.4 is 38.5 Å². The van der Waals surface area contributed by atoms with Crippen molar-refractivity contribution < 1.29 is 48.9 Å². The number of carboxylic acid groups (broad SMARTS) is 1. The summed E-state index contributed by atoms with van der Waals surface area (Å²) >= 11 is 0. The zero-order valence-corrected chi connectivity index (χ0v) is 37.5. The second kappa shape index (κ2) is 24.1. The van der Waals surface area contributed by atoms with Crippen LogP contribution in [0.4, 0.5) is 0 Å². The molecule has 1 saturated heterocycles. The molecule has 354 valence electrons. The van der Waals surface area contributed by atoms with E-state index in [9.17, 15) is 48.9 Å². The summed E-state index contributed by atoms with van der Waals surface area (Å²) in [6.07, 6.45) is 4.20. The summed E-state index contributed by atoms with van der Waals surface area (Å²) in [6, 6.07) is -1.40. The average molecular weight is 898 g/mol. The number of carboxylic acids is 1. The number of aromatic nitrogens is 2. The van der Waals surface area contributed by atoms with Gasteiger partial charge in [0.1, 0.15) is 29.9 Å². The number of aliphatic hydroxyl groups is 1. The predicted octanol–water partition coefficient (Wildman–Crippen LogP) is -0.655. The molecule has 21 nitrogen and oxygen atoms in total. The van der Waals surface area contributed by atoms with E-state index in [-0.39, 0.29) is 56.9 Å². The second-order valence-electron chi connectivity index (χ2n) is 16.9. The fourth-order valence-electron chi connectivity index (χ4n) is 7.43. The van der Waals surface area contributed by atoms with Crippen molar-refractivity contribution in [2.75, 3.05) is 13.1 Å². The third-order valence-corrected chi connectivity index (χ3v) is 11.8. The average Bonchev–Trinajstić information content (AvgIpc) is 3.97. The molecule has 64 heavy (non-hydrogen) atoms. The molecule has 1 aliphatic rings. The Morgan fingerprint density at radius 2 is 1.52 bits per heavy atom. The highest BCUT2D eigenvalue weighted by Gasteiger charge is 2.54. The fraction of sp³-hybridized carbons (Fsp3) is 0.605. The minimum atomic E-state index is -2.76. The number of carbonyl (C=O) groups is 7. The van der Waals surface area contributed by atoms with Crippen molar-refractivity contribution in [1.29, 1.82) is 0 Å². The Morgan fingerprint density at radius 1 is 0.891 bits per heavy atom. The molecule has 14 N–H and O–H groups in total. The van der Waals surface area contributed by atoms with Gasteiger partial charge in [0.25, 0.3) is 0 Å². The summed E-state index contributed by atoms with van der Waals surface area (Å²) in [5.74, 6) is -8.40. The lowest BCUT2D eigenvalue weighted by molar-refractivity contribution is -0.174. The molecule has 5 amide bonds. The van der Waals surface area contributed by atoms with Gasteiger partial charge < -0.3 is 63.7 Å². The lowest BCUT2D eigenvalue weighted by Gasteiger charge is -2.35. The van der Waals surface area contributed by atoms with Gasteiger partial charge in [0.05, 0.1) is 18.4 Å². The maximum Gasteiger partial charge on any atom is 0.343 e. The first-order valence-electron chi connectivity index (χ1n) is 21.7. The minimum Gasteiger partial charge on any atom is -0.508 e. The van der Waals surface area contributed by atoms with E-state index in [1.54, 1.807) is 46.8 Å². The van der Waals surface area contributed by atoms with Crippen molar-refractivity contribution in [3.05, 3.63) is 48.0 Å². The number of carbonyl (C=O) groups excluding carboxylic acids is 6. The number of nitrogens with one attached hydrogen (secondary N) is 5. The molecule has 1 fully saturated rings. The lowest BCUT2D eigenvalue weighted by Crippen LogP contribution is -2.62. The monoisotopic (exact) mass is 898 g/mol. The normalized spacial score (nSPS) is 18.0. The number of nitrogens with two attached hydrogens (primary N) is 3. The number of likely N-dealkylation sites (tertiary alicyclic amines) is 1. The molecule has 0 saturated carbocycles. The van der Waals surface area contributed by atoms with Crippen LogP contribution >= 0.6 is 0 Å². The van der Waals surface area contributed by atoms with Gasteiger partial charge in [-0.05, 0) is 61.6 Å². The van der Waals surface area contributed by atoms with Gasteiger partial charge in [-0.15, -0.1) is 0 Å². The molecular weight excluding hydrogens is 831 g/mol. The van der Waals surface area contributed by atoms with Gasteiger partial charge in [-0.2, -0.15) is 0 Å². The van der Waals surface area contributed by atoms with E-state index < -0.39 is 101 Å². The molecule has 2 aromatic rings. The molecule has 0 aliphatic carbocycles. The number of rotatable bonds is 25. The Kier molecular flexibility index (Phi) is 19.7. The number of H-pyrrole nitrogens is 1. The Bertz CT molecular complexity index is 1940. The van der Waals surface area contributed by atoms with Gasteiger partial charge >= 0.3 is 5.97 Å². The number of ketones is 1. The predicted molar refractivity (Wildman–Crippen MR) is 236 cm³/mol. The first kappa shape index (κ1) is 52.3. The summed E-state index contributed by atoms with van der Waals surface area (Å²) in [7, 11) is 0. The molecule has 9 atom stereocenters. The van der Waals surface area contributed by atoms with Crippen molar-refractivity contribution in [3.8, 4) is 5.75 Å². The number of benzene rings is 1. The van der Waals surface area contributed by atoms with Crippen LogP contribution in [0.1, 0.15) is 91.3 Å². The number of aromatic amines is 1. The maximum absolute atomic E-state index is 14.4. The van der Waals surface area contributed by atoms with E-state index in [0.29, 0.717) is 30.5 Å². The number of guanidine groups is 1. The lowest BCUT2D eigenvalue weighted by atomic mass is 9.80. The quantitative estimate of drug-likeness (QED) is 0.0255. The highest BCUT2D eigenvalue weighted by molar-refractivity contribution is 6.10. The standard InChI is InChI=1S/C43H67N11O10/c1-7-24(5)34(39(60)51-31(20-27-21-47-22-49-27)40(61)54-18-10-12-32(54)35(56)43(64,41(62)63)25(6)8-2)53-37(58)30(19-26-13-15-28(55)16-14-26)50-38(59)33(23(3)4)52-36(57)29(44)11-9-17-48-42(45)46/h13-16,21-25,29-34,55,64H,7-12,17-20,44H2,1-6H3,(H,47,49)(H,50,59)(H,51,60)(H,52,57)(H,53,58)(H,62,63)(H4,45,46,48)/t24-,25?,29-,30-,31-,32-,33-,34-,43?/m0/s1. The molecule has 2 heterocycles. The number of imidazole rings is 1. The first-order valence-corrected chi connectivity index (χ1v) is 21.7. The van der Waals surface area contributed by atoms with E-state index >= 15 is 0 Å². The Labute approximate surface area is 373 Å². The third-order valence-electron chi connectivity index (χ3n) is 11.8. The number of amides is 5. The molecule has 1 aromatic heterocycles. The van der Waals surface area contributed by atoms with Gasteiger partial charge in [-0.3, -0.25) is 33.8 Å². The highest BCUT2D eigenvalue weighted by atomic mass is 16.4. The summed E-state index contributed by atoms with van der Waals surface area (Å²) in [4.78, 5) is 108. The van der Waals surface area contributed by atoms with Crippen LogP contribution in [0.15, 0.2) is 41.8 Å². The number of aromatic hydroxyl groups is 1. The zero-order valence-electron chi connectivity index (χ0n) is 37.5. The third kappa shape index (κ3) is 14.0. The topological polar surface area (TPSA) is 351 Å². The van der Waals surface area contributed by atoms with Crippen LogP contribution in [0.2, 0.25) is 0 Å². The van der Waals surface area contributed by atoms with E-state index in [2.05, 4.69) is 36.2 Å². The second-order valence-corrected chi connectivity index (χ2v) is 16.9. The molecule has 3 rings (SSSR count). The van der Waals surface area contributed by atoms with Crippen molar-refractivity contribution in [2.45, 2.75) is 135 Å². The number of Topliss-reactive ketones (excluding diaryl/α,β-unsaturated/α-hetero) is 1. The molecule has 1 aromatic carbocycles. The molecule has 1 aliphatic heterocycles. The summed E-state index contributed by atoms with van der Waals surface area (Å²) in [6.45, 7) is 10.3. The van der Waals surface area contributed by atoms with Crippen molar-refractivity contribution in [2.24, 2.45) is 39.9 Å². The smallest absolute Gasteiger partial charge is 0.343 e. The van der Waals surface area contributed by atoms with E-state index in [1.807, 2.05) is 0 Å². The van der Waals surface area contributed by atoms with Crippen molar-refractivity contribution in [3.63, 3.8) is 0 Å². The van der Waals surface area contributed by atoms with Crippen LogP contribution in [0, 0.1) is 17.8 Å². The number of aliphatic carboxylic acids is 1. The highest BCUT2D eigenvalue weighted by Crippen LogP contribution is 2.30. The van der Waals surface area contributed by atoms with Gasteiger partial charge in [0, 0.05) is 43.7 Å². The number of hydrogen-bond donors (Lipinski definition) is 11. The van der Waals surface area contributed by atoms with Gasteiger partial charge in [0.2, 0.25) is 35.1 Å². The van der Waals surface area contributed by atoms with Crippen LogP contribution in [0.5, 0.6) is 5.75 Å². The Hall–Kier alpha value is -6.09. The maximum atomic E-state index is 14.4. The summed E-state index contributed by atoms with van der Waals surface area (Å²) in [5, 5.41) is 42.1.